The number of phosphoric ester groups is 1. The quantitative estimate of drug-likeness (QED) is 0.0212. The van der Waals surface area contributed by atoms with Crippen molar-refractivity contribution in [3.8, 4) is 0 Å². The molecule has 0 aromatic heterocycles. The Kier molecular flexibility index (Phi) is 55.4. The third-order valence-corrected chi connectivity index (χ3v) is 14.7. The van der Waals surface area contributed by atoms with Crippen LogP contribution in [0, 0.1) is 0 Å². The zero-order valence-electron chi connectivity index (χ0n) is 51.8. The van der Waals surface area contributed by atoms with Crippen LogP contribution >= 0.6 is 7.82 Å². The molecule has 1 N–H and O–H groups in total. The third kappa shape index (κ3) is 59.1. The highest BCUT2D eigenvalue weighted by Gasteiger charge is 2.27. The smallest absolute Gasteiger partial charge is 0.306 e. The first-order valence-corrected chi connectivity index (χ1v) is 33.7. The molecule has 79 heavy (non-hydrogen) atoms. The molecule has 3 atom stereocenters. The molecule has 454 valence electrons. The Morgan fingerprint density at radius 2 is 0.810 bits per heavy atom. The maximum absolute atomic E-state index is 13.5. The molecule has 0 rings (SSSR count). The normalized spacial score (nSPS) is 14.4. The second-order valence-electron chi connectivity index (χ2n) is 22.5. The Hall–Kier alpha value is -3.33. The molecule has 0 radical (unpaired) electrons. The van der Waals surface area contributed by atoms with Crippen molar-refractivity contribution in [1.29, 1.82) is 0 Å². The van der Waals surface area contributed by atoms with Crippen LogP contribution in [0.15, 0.2) is 109 Å². The molecule has 10 heteroatoms. The number of nitrogens with zero attached hydrogens (tertiary/aromatic N) is 1. The number of nitrogens with one attached hydrogen (secondary N) is 1. The second kappa shape index (κ2) is 57.9. The highest BCUT2D eigenvalue weighted by atomic mass is 31.2. The Bertz CT molecular complexity index is 1720. The van der Waals surface area contributed by atoms with Crippen LogP contribution in [-0.2, 0) is 27.9 Å². The van der Waals surface area contributed by atoms with Crippen LogP contribution in [0.5, 0.6) is 0 Å². The van der Waals surface area contributed by atoms with Gasteiger partial charge in [0.25, 0.3) is 7.82 Å². The third-order valence-electron chi connectivity index (χ3n) is 13.7. The van der Waals surface area contributed by atoms with Crippen molar-refractivity contribution >= 4 is 19.7 Å². The van der Waals surface area contributed by atoms with E-state index in [1.54, 1.807) is 0 Å². The summed E-state index contributed by atoms with van der Waals surface area (Å²) >= 11 is 0. The van der Waals surface area contributed by atoms with Crippen LogP contribution in [0.3, 0.4) is 0 Å². The summed E-state index contributed by atoms with van der Waals surface area (Å²) in [6.07, 6.45) is 79.1. The molecular weight excluding hydrogens is 1000 g/mol. The molecular formula is C69H121N2O7P. The van der Waals surface area contributed by atoms with E-state index < -0.39 is 26.6 Å². The van der Waals surface area contributed by atoms with Gasteiger partial charge < -0.3 is 28.5 Å². The average molecular weight is 1120 g/mol. The van der Waals surface area contributed by atoms with Gasteiger partial charge in [-0.15, -0.1) is 0 Å². The van der Waals surface area contributed by atoms with Crippen molar-refractivity contribution < 1.29 is 37.3 Å². The molecule has 0 aliphatic carbocycles. The number of amides is 1. The number of ether oxygens (including phenoxy) is 1. The fourth-order valence-corrected chi connectivity index (χ4v) is 9.45. The number of carbonyl (C=O) groups excluding carboxylic acids is 2. The minimum atomic E-state index is -4.72. The number of carbonyl (C=O) groups is 2. The first kappa shape index (κ1) is 75.7. The summed E-state index contributed by atoms with van der Waals surface area (Å²) in [4.78, 5) is 40.1. The van der Waals surface area contributed by atoms with E-state index in [9.17, 15) is 19.0 Å². The van der Waals surface area contributed by atoms with Gasteiger partial charge in [-0.1, -0.05) is 246 Å². The molecule has 9 nitrogen and oxygen atoms in total. The number of quaternary nitrogens is 1. The van der Waals surface area contributed by atoms with Crippen LogP contribution in [-0.4, -0.2) is 69.4 Å². The SMILES string of the molecule is CC/C=C\C/C=C\C/C=C\C/C=C\C/C=C\C/C=C\CCCCCCC(=O)OC(/C=C\CCCCCCCCCCCCC)C(COP(=O)([O-])OCC[N+](C)(C)C)NC(=O)CCCCCCCCC/C=C\C/C=C\CCCCC. The lowest BCUT2D eigenvalue weighted by atomic mass is 10.0. The van der Waals surface area contributed by atoms with E-state index in [2.05, 4.69) is 123 Å². The summed E-state index contributed by atoms with van der Waals surface area (Å²) in [5, 5.41) is 3.02. The molecule has 0 aromatic carbocycles. The molecule has 0 aromatic rings. The van der Waals surface area contributed by atoms with Gasteiger partial charge in [-0.25, -0.2) is 0 Å². The Morgan fingerprint density at radius 3 is 1.24 bits per heavy atom. The van der Waals surface area contributed by atoms with Gasteiger partial charge in [-0.3, -0.25) is 14.2 Å². The summed E-state index contributed by atoms with van der Waals surface area (Å²) in [7, 11) is 1.15. The van der Waals surface area contributed by atoms with E-state index in [0.29, 0.717) is 23.9 Å². The molecule has 3 unspecified atom stereocenters. The number of rotatable bonds is 57. The van der Waals surface area contributed by atoms with Crippen LogP contribution in [0.2, 0.25) is 0 Å². The van der Waals surface area contributed by atoms with Gasteiger partial charge in [-0.2, -0.15) is 0 Å². The van der Waals surface area contributed by atoms with Gasteiger partial charge in [0.05, 0.1) is 33.8 Å². The topological polar surface area (TPSA) is 114 Å². The Balaban J connectivity index is 5.32. The number of esters is 1. The highest BCUT2D eigenvalue weighted by Crippen LogP contribution is 2.38. The fraction of sp³-hybridized carbons (Fsp3) is 0.710. The highest BCUT2D eigenvalue weighted by molar-refractivity contribution is 7.45. The number of phosphoric acid groups is 1. The molecule has 0 spiro atoms. The summed E-state index contributed by atoms with van der Waals surface area (Å²) in [5.41, 5.74) is 0. The van der Waals surface area contributed by atoms with Crippen molar-refractivity contribution in [2.24, 2.45) is 0 Å². The lowest BCUT2D eigenvalue weighted by Crippen LogP contribution is -2.47. The number of allylic oxidation sites excluding steroid dienone is 17. The molecule has 0 bridgehead atoms. The van der Waals surface area contributed by atoms with E-state index in [4.69, 9.17) is 13.8 Å². The molecule has 0 saturated heterocycles. The van der Waals surface area contributed by atoms with Gasteiger partial charge in [-0.05, 0) is 115 Å². The minimum Gasteiger partial charge on any atom is -0.756 e. The monoisotopic (exact) mass is 1120 g/mol. The van der Waals surface area contributed by atoms with E-state index >= 15 is 0 Å². The lowest BCUT2D eigenvalue weighted by Gasteiger charge is -2.30. The first-order valence-electron chi connectivity index (χ1n) is 32.2. The van der Waals surface area contributed by atoms with Crippen molar-refractivity contribution in [2.75, 3.05) is 40.9 Å². The largest absolute Gasteiger partial charge is 0.756 e. The van der Waals surface area contributed by atoms with Gasteiger partial charge >= 0.3 is 5.97 Å². The Morgan fingerprint density at radius 1 is 0.456 bits per heavy atom. The molecule has 0 aliphatic heterocycles. The number of unbranched alkanes of at least 4 members (excludes halogenated alkanes) is 25. The molecule has 1 amide bonds. The first-order chi connectivity index (χ1) is 38.4. The summed E-state index contributed by atoms with van der Waals surface area (Å²) in [6, 6.07) is -0.911. The minimum absolute atomic E-state index is 0.0336. The van der Waals surface area contributed by atoms with Crippen LogP contribution in [0.4, 0.5) is 0 Å². The molecule has 0 heterocycles. The predicted octanol–water partition coefficient (Wildman–Crippen LogP) is 19.5. The molecule has 0 aliphatic rings. The van der Waals surface area contributed by atoms with Crippen LogP contribution in [0.25, 0.3) is 0 Å². The van der Waals surface area contributed by atoms with Crippen molar-refractivity contribution in [1.82, 2.24) is 5.32 Å². The molecule has 0 saturated carbocycles. The zero-order chi connectivity index (χ0) is 57.9. The average Bonchev–Trinajstić information content (AvgIpc) is 3.41. The van der Waals surface area contributed by atoms with E-state index in [0.717, 1.165) is 122 Å². The van der Waals surface area contributed by atoms with Crippen LogP contribution < -0.4 is 10.2 Å². The number of likely N-dealkylation sites (N-methyl/N-ethyl adjacent to an activating group) is 1. The van der Waals surface area contributed by atoms with E-state index in [1.807, 2.05) is 33.3 Å². The standard InChI is InChI=1S/C69H121N2O7P/c1-7-10-13-16-19-22-25-28-30-32-33-34-35-36-37-39-41-44-47-50-53-56-59-62-69(73)78-67(60-57-54-51-48-45-42-27-24-21-18-15-12-9-3)66(65-77-79(74,75)76-64-63-71(4,5)6)70-68(72)61-58-55-52-49-46-43-40-38-31-29-26-23-20-17-14-11-8-2/h10,13,19-20,22-23,28-31,33-34,36-37,41,44,57,60,66-67H,7-9,11-12,14-18,21,24-27,32,35,38-40,42-43,45-56,58-59,61-65H2,1-6H3,(H-,70,72,74,75)/b13-10-,22-19-,23-20-,30-28-,31-29-,34-33-,37-36-,44-41-,60-57-. The van der Waals surface area contributed by atoms with Crippen LogP contribution in [0.1, 0.15) is 265 Å². The number of hydrogen-bond donors (Lipinski definition) is 1. The van der Waals surface area contributed by atoms with Crippen molar-refractivity contribution in [3.63, 3.8) is 0 Å². The maximum Gasteiger partial charge on any atom is 0.306 e. The lowest BCUT2D eigenvalue weighted by molar-refractivity contribution is -0.870. The predicted molar refractivity (Wildman–Crippen MR) is 339 cm³/mol. The van der Waals surface area contributed by atoms with Crippen molar-refractivity contribution in [3.05, 3.63) is 109 Å². The molecule has 0 fully saturated rings. The van der Waals surface area contributed by atoms with Gasteiger partial charge in [0.15, 0.2) is 0 Å². The van der Waals surface area contributed by atoms with Gasteiger partial charge in [0.1, 0.15) is 19.3 Å². The fourth-order valence-electron chi connectivity index (χ4n) is 8.73. The van der Waals surface area contributed by atoms with E-state index in [-0.39, 0.29) is 24.9 Å². The van der Waals surface area contributed by atoms with Gasteiger partial charge in [0, 0.05) is 12.8 Å². The van der Waals surface area contributed by atoms with Crippen molar-refractivity contribution in [2.45, 2.75) is 277 Å². The summed E-state index contributed by atoms with van der Waals surface area (Å²) in [6.45, 7) is 6.68. The summed E-state index contributed by atoms with van der Waals surface area (Å²) in [5.74, 6) is -0.582. The summed E-state index contributed by atoms with van der Waals surface area (Å²) < 4.78 is 30.3. The van der Waals surface area contributed by atoms with E-state index in [1.165, 1.54) is 103 Å². The number of hydrogen-bond acceptors (Lipinski definition) is 7. The zero-order valence-corrected chi connectivity index (χ0v) is 52.7. The maximum atomic E-state index is 13.5. The second-order valence-corrected chi connectivity index (χ2v) is 23.9. The van der Waals surface area contributed by atoms with Gasteiger partial charge in [0.2, 0.25) is 5.91 Å². The Labute approximate surface area is 487 Å².